The Bertz CT molecular complexity index is 981. The number of nitrogens with zero attached hydrogens (tertiary/aromatic N) is 3. The normalized spacial score (nSPS) is 11.9. The maximum Gasteiger partial charge on any atom is 0.267 e. The van der Waals surface area contributed by atoms with Crippen LogP contribution < -0.4 is 10.1 Å². The molecule has 2 aromatic carbocycles. The van der Waals surface area contributed by atoms with Crippen LogP contribution in [0.3, 0.4) is 0 Å². The number of rotatable bonds is 8. The molecule has 0 fully saturated rings. The SMILES string of the molecule is CCn1c(NC(=O)C(C)Oc2ccc(Br)cc2)nnc1SCc1ccccc1Cl. The zero-order valence-electron chi connectivity index (χ0n) is 15.9. The molecule has 1 aromatic heterocycles. The summed E-state index contributed by atoms with van der Waals surface area (Å²) in [6.45, 7) is 4.28. The van der Waals surface area contributed by atoms with Crippen LogP contribution in [0, 0.1) is 0 Å². The van der Waals surface area contributed by atoms with E-state index in [0.717, 1.165) is 15.1 Å². The molecule has 0 radical (unpaired) electrons. The average molecular weight is 496 g/mol. The third-order valence-corrected chi connectivity index (χ3v) is 5.99. The van der Waals surface area contributed by atoms with Gasteiger partial charge in [0.25, 0.3) is 5.91 Å². The summed E-state index contributed by atoms with van der Waals surface area (Å²) in [6, 6.07) is 15.0. The van der Waals surface area contributed by atoms with Crippen LogP contribution in [0.25, 0.3) is 0 Å². The zero-order chi connectivity index (χ0) is 20.8. The summed E-state index contributed by atoms with van der Waals surface area (Å²) in [6.07, 6.45) is -0.683. The minimum absolute atomic E-state index is 0.294. The van der Waals surface area contributed by atoms with E-state index >= 15 is 0 Å². The second-order valence-corrected chi connectivity index (χ2v) is 8.40. The lowest BCUT2D eigenvalue weighted by Gasteiger charge is -2.15. The van der Waals surface area contributed by atoms with E-state index in [-0.39, 0.29) is 5.91 Å². The molecule has 0 saturated carbocycles. The Morgan fingerprint density at radius 3 is 2.66 bits per heavy atom. The van der Waals surface area contributed by atoms with Crippen LogP contribution in [0.15, 0.2) is 58.2 Å². The first kappa shape index (κ1) is 21.7. The fourth-order valence-electron chi connectivity index (χ4n) is 2.51. The van der Waals surface area contributed by atoms with E-state index in [1.165, 1.54) is 11.8 Å². The number of halogens is 2. The molecule has 0 aliphatic rings. The highest BCUT2D eigenvalue weighted by molar-refractivity contribution is 9.10. The van der Waals surface area contributed by atoms with Crippen molar-refractivity contribution in [2.75, 3.05) is 5.32 Å². The monoisotopic (exact) mass is 494 g/mol. The van der Waals surface area contributed by atoms with E-state index in [2.05, 4.69) is 31.4 Å². The van der Waals surface area contributed by atoms with Crippen molar-refractivity contribution in [2.45, 2.75) is 37.4 Å². The standard InChI is InChI=1S/C20H20BrClN4O2S/c1-3-26-19(23-18(27)13(2)28-16-10-8-15(21)9-11-16)24-25-20(26)29-12-14-6-4-5-7-17(14)22/h4-11,13H,3,12H2,1-2H3,(H,23,24,27). The van der Waals surface area contributed by atoms with Gasteiger partial charge in [0.15, 0.2) is 11.3 Å². The molecule has 1 N–H and O–H groups in total. The number of thioether (sulfide) groups is 1. The van der Waals surface area contributed by atoms with E-state index in [1.807, 2.05) is 47.9 Å². The van der Waals surface area contributed by atoms with Crippen LogP contribution in [-0.4, -0.2) is 26.8 Å². The lowest BCUT2D eigenvalue weighted by molar-refractivity contribution is -0.122. The maximum absolute atomic E-state index is 12.5. The van der Waals surface area contributed by atoms with Crippen molar-refractivity contribution in [1.82, 2.24) is 14.8 Å². The summed E-state index contributed by atoms with van der Waals surface area (Å²) in [7, 11) is 0. The number of anilines is 1. The smallest absolute Gasteiger partial charge is 0.267 e. The van der Waals surface area contributed by atoms with Gasteiger partial charge in [-0.25, -0.2) is 0 Å². The number of carbonyl (C=O) groups excluding carboxylic acids is 1. The van der Waals surface area contributed by atoms with Crippen LogP contribution >= 0.6 is 39.3 Å². The second kappa shape index (κ2) is 10.1. The lowest BCUT2D eigenvalue weighted by Crippen LogP contribution is -2.31. The molecular formula is C20H20BrClN4O2S. The number of hydrogen-bond acceptors (Lipinski definition) is 5. The highest BCUT2D eigenvalue weighted by Gasteiger charge is 2.19. The molecule has 1 atom stereocenters. The van der Waals surface area contributed by atoms with Gasteiger partial charge in [0.1, 0.15) is 5.75 Å². The summed E-state index contributed by atoms with van der Waals surface area (Å²) in [4.78, 5) is 12.5. The molecule has 9 heteroatoms. The molecule has 152 valence electrons. The molecule has 0 bridgehead atoms. The van der Waals surface area contributed by atoms with Crippen molar-refractivity contribution in [2.24, 2.45) is 0 Å². The van der Waals surface area contributed by atoms with Gasteiger partial charge >= 0.3 is 0 Å². The maximum atomic E-state index is 12.5. The van der Waals surface area contributed by atoms with Crippen molar-refractivity contribution in [3.05, 3.63) is 63.6 Å². The summed E-state index contributed by atoms with van der Waals surface area (Å²) >= 11 is 11.1. The third kappa shape index (κ3) is 5.74. The largest absolute Gasteiger partial charge is 0.481 e. The molecule has 0 aliphatic heterocycles. The highest BCUT2D eigenvalue weighted by Crippen LogP contribution is 2.27. The minimum Gasteiger partial charge on any atom is -0.481 e. The molecular weight excluding hydrogens is 476 g/mol. The summed E-state index contributed by atoms with van der Waals surface area (Å²) in [5, 5.41) is 12.6. The van der Waals surface area contributed by atoms with Crippen LogP contribution in [-0.2, 0) is 17.1 Å². The predicted octanol–water partition coefficient (Wildman–Crippen LogP) is 5.41. The Hall–Kier alpha value is -2.03. The number of amides is 1. The third-order valence-electron chi connectivity index (χ3n) is 4.08. The number of carbonyl (C=O) groups is 1. The number of aromatic nitrogens is 3. The topological polar surface area (TPSA) is 69.0 Å². The molecule has 1 unspecified atom stereocenters. The van der Waals surface area contributed by atoms with E-state index < -0.39 is 6.10 Å². The molecule has 6 nitrogen and oxygen atoms in total. The first-order valence-electron chi connectivity index (χ1n) is 9.00. The van der Waals surface area contributed by atoms with Crippen LogP contribution in [0.5, 0.6) is 5.75 Å². The molecule has 3 rings (SSSR count). The summed E-state index contributed by atoms with van der Waals surface area (Å²) < 4.78 is 8.49. The van der Waals surface area contributed by atoms with E-state index in [4.69, 9.17) is 16.3 Å². The highest BCUT2D eigenvalue weighted by atomic mass is 79.9. The van der Waals surface area contributed by atoms with Crippen LogP contribution in [0.4, 0.5) is 5.95 Å². The fraction of sp³-hybridized carbons (Fsp3) is 0.250. The number of benzene rings is 2. The van der Waals surface area contributed by atoms with Gasteiger partial charge < -0.3 is 4.74 Å². The van der Waals surface area contributed by atoms with Crippen LogP contribution in [0.1, 0.15) is 19.4 Å². The van der Waals surface area contributed by atoms with Crippen LogP contribution in [0.2, 0.25) is 5.02 Å². The zero-order valence-corrected chi connectivity index (χ0v) is 19.1. The number of ether oxygens (including phenoxy) is 1. The van der Waals surface area contributed by atoms with Gasteiger partial charge in [0.2, 0.25) is 5.95 Å². The predicted molar refractivity (Wildman–Crippen MR) is 120 cm³/mol. The molecule has 1 heterocycles. The van der Waals surface area contributed by atoms with Gasteiger partial charge in [-0.2, -0.15) is 0 Å². The average Bonchev–Trinajstić information content (AvgIpc) is 3.10. The Morgan fingerprint density at radius 2 is 1.97 bits per heavy atom. The minimum atomic E-state index is -0.683. The van der Waals surface area contributed by atoms with Crippen molar-refractivity contribution < 1.29 is 9.53 Å². The number of nitrogens with one attached hydrogen (secondary N) is 1. The second-order valence-electron chi connectivity index (χ2n) is 6.13. The Kier molecular flexibility index (Phi) is 7.57. The molecule has 3 aromatic rings. The van der Waals surface area contributed by atoms with Crippen molar-refractivity contribution in [1.29, 1.82) is 0 Å². The molecule has 29 heavy (non-hydrogen) atoms. The lowest BCUT2D eigenvalue weighted by atomic mass is 10.2. The fourth-order valence-corrected chi connectivity index (χ4v) is 4.07. The van der Waals surface area contributed by atoms with Gasteiger partial charge in [0, 0.05) is 21.8 Å². The van der Waals surface area contributed by atoms with Crippen molar-refractivity contribution in [3.8, 4) is 5.75 Å². The number of hydrogen-bond donors (Lipinski definition) is 1. The quantitative estimate of drug-likeness (QED) is 0.423. The Morgan fingerprint density at radius 1 is 1.24 bits per heavy atom. The Labute approximate surface area is 187 Å². The summed E-state index contributed by atoms with van der Waals surface area (Å²) in [5.41, 5.74) is 1.02. The van der Waals surface area contributed by atoms with Crippen molar-refractivity contribution >= 4 is 51.1 Å². The molecule has 1 amide bonds. The van der Waals surface area contributed by atoms with Gasteiger partial charge in [0.05, 0.1) is 0 Å². The van der Waals surface area contributed by atoms with E-state index in [1.54, 1.807) is 19.1 Å². The van der Waals surface area contributed by atoms with Gasteiger partial charge in [-0.05, 0) is 49.7 Å². The first-order chi connectivity index (χ1) is 14.0. The van der Waals surface area contributed by atoms with E-state index in [0.29, 0.717) is 29.2 Å². The molecule has 0 aliphatic carbocycles. The molecule has 0 spiro atoms. The first-order valence-corrected chi connectivity index (χ1v) is 11.2. The Balaban J connectivity index is 1.63. The van der Waals surface area contributed by atoms with Gasteiger partial charge in [-0.1, -0.05) is 57.5 Å². The van der Waals surface area contributed by atoms with Crippen molar-refractivity contribution in [3.63, 3.8) is 0 Å². The summed E-state index contributed by atoms with van der Waals surface area (Å²) in [5.74, 6) is 1.38. The van der Waals surface area contributed by atoms with Gasteiger partial charge in [-0.3, -0.25) is 14.7 Å². The van der Waals surface area contributed by atoms with Gasteiger partial charge in [-0.15, -0.1) is 10.2 Å². The molecule has 0 saturated heterocycles. The van der Waals surface area contributed by atoms with E-state index in [9.17, 15) is 4.79 Å².